The Morgan fingerprint density at radius 1 is 1.32 bits per heavy atom. The van der Waals surface area contributed by atoms with Crippen LogP contribution in [0.2, 0.25) is 0 Å². The molecule has 2 aliphatic heterocycles. The average Bonchev–Trinajstić information content (AvgIpc) is 3.21. The standard InChI is InChI=1S/C18H22N4O3/c1-3-11-14(9-6-4-5-7-12(9)25-11)10-8-13(23)20-17-15(10)16(21-22-17)18(24)19-2/h4-7,10,15-17,21-22H,3,8H2,1-2H3,(H,19,24)(H,20,23). The van der Waals surface area contributed by atoms with Gasteiger partial charge in [-0.1, -0.05) is 25.1 Å². The van der Waals surface area contributed by atoms with E-state index in [4.69, 9.17) is 4.42 Å². The molecule has 0 bridgehead atoms. The van der Waals surface area contributed by atoms with Crippen molar-refractivity contribution in [3.05, 3.63) is 35.6 Å². The Morgan fingerprint density at radius 2 is 2.12 bits per heavy atom. The second kappa shape index (κ2) is 6.16. The van der Waals surface area contributed by atoms with E-state index in [1.807, 2.05) is 31.2 Å². The van der Waals surface area contributed by atoms with Crippen LogP contribution in [0.1, 0.15) is 30.6 Å². The normalized spacial score (nSPS) is 28.6. The van der Waals surface area contributed by atoms with E-state index in [1.165, 1.54) is 0 Å². The molecule has 2 aromatic rings. The molecule has 0 radical (unpaired) electrons. The van der Waals surface area contributed by atoms with E-state index in [0.29, 0.717) is 6.42 Å². The first-order valence-corrected chi connectivity index (χ1v) is 8.66. The number of benzene rings is 1. The number of aryl methyl sites for hydroxylation is 1. The van der Waals surface area contributed by atoms with Gasteiger partial charge in [-0.05, 0) is 6.07 Å². The zero-order valence-corrected chi connectivity index (χ0v) is 14.3. The Labute approximate surface area is 145 Å². The summed E-state index contributed by atoms with van der Waals surface area (Å²) in [6.07, 6.45) is 0.798. The van der Waals surface area contributed by atoms with E-state index >= 15 is 0 Å². The smallest absolute Gasteiger partial charge is 0.238 e. The summed E-state index contributed by atoms with van der Waals surface area (Å²) in [7, 11) is 1.62. The summed E-state index contributed by atoms with van der Waals surface area (Å²) in [5, 5.41) is 6.67. The molecule has 1 aromatic heterocycles. The van der Waals surface area contributed by atoms with Gasteiger partial charge in [0.2, 0.25) is 11.8 Å². The molecule has 7 heteroatoms. The first-order chi connectivity index (χ1) is 12.1. The third kappa shape index (κ3) is 2.51. The number of nitrogens with one attached hydrogen (secondary N) is 4. The largest absolute Gasteiger partial charge is 0.461 e. The highest BCUT2D eigenvalue weighted by molar-refractivity contribution is 5.87. The van der Waals surface area contributed by atoms with Crippen LogP contribution in [0.5, 0.6) is 0 Å². The zero-order valence-electron chi connectivity index (χ0n) is 14.3. The molecule has 2 saturated heterocycles. The van der Waals surface area contributed by atoms with Crippen LogP contribution in [0, 0.1) is 5.92 Å². The number of fused-ring (bicyclic) bond motifs is 2. The number of furan rings is 1. The van der Waals surface area contributed by atoms with Crippen molar-refractivity contribution in [2.75, 3.05) is 7.05 Å². The number of likely N-dealkylation sites (N-methyl/N-ethyl adjacent to an activating group) is 1. The van der Waals surface area contributed by atoms with Crippen LogP contribution in [-0.4, -0.2) is 31.1 Å². The fourth-order valence-corrected chi connectivity index (χ4v) is 4.21. The molecule has 4 unspecified atom stereocenters. The van der Waals surface area contributed by atoms with Gasteiger partial charge in [-0.2, -0.15) is 0 Å². The van der Waals surface area contributed by atoms with Crippen molar-refractivity contribution in [2.45, 2.75) is 37.9 Å². The molecule has 2 amide bonds. The molecule has 0 aliphatic carbocycles. The van der Waals surface area contributed by atoms with Crippen LogP contribution in [0.3, 0.4) is 0 Å². The summed E-state index contributed by atoms with van der Waals surface area (Å²) in [6.45, 7) is 2.04. The van der Waals surface area contributed by atoms with Crippen LogP contribution < -0.4 is 21.5 Å². The van der Waals surface area contributed by atoms with Crippen molar-refractivity contribution < 1.29 is 14.0 Å². The number of carbonyl (C=O) groups excluding carboxylic acids is 2. The Morgan fingerprint density at radius 3 is 2.88 bits per heavy atom. The lowest BCUT2D eigenvalue weighted by molar-refractivity contribution is -0.128. The molecular weight excluding hydrogens is 320 g/mol. The predicted molar refractivity (Wildman–Crippen MR) is 92.5 cm³/mol. The number of hydrogen-bond acceptors (Lipinski definition) is 5. The number of piperidine rings is 1. The molecule has 1 aromatic carbocycles. The van der Waals surface area contributed by atoms with Gasteiger partial charge in [0.05, 0.1) is 6.17 Å². The van der Waals surface area contributed by atoms with Crippen LogP contribution in [-0.2, 0) is 16.0 Å². The van der Waals surface area contributed by atoms with Gasteiger partial charge < -0.3 is 15.1 Å². The minimum atomic E-state index is -0.418. The van der Waals surface area contributed by atoms with Crippen molar-refractivity contribution >= 4 is 22.8 Å². The summed E-state index contributed by atoms with van der Waals surface area (Å²) in [5.41, 5.74) is 7.98. The van der Waals surface area contributed by atoms with Crippen LogP contribution >= 0.6 is 0 Å². The number of para-hydroxylation sites is 1. The highest BCUT2D eigenvalue weighted by Crippen LogP contribution is 2.43. The number of amides is 2. The highest BCUT2D eigenvalue weighted by Gasteiger charge is 2.49. The summed E-state index contributed by atoms with van der Waals surface area (Å²) in [6, 6.07) is 7.47. The first kappa shape index (κ1) is 16.1. The molecule has 0 saturated carbocycles. The molecule has 25 heavy (non-hydrogen) atoms. The topological polar surface area (TPSA) is 95.4 Å². The molecular formula is C18H22N4O3. The van der Waals surface area contributed by atoms with Crippen molar-refractivity contribution in [1.82, 2.24) is 21.5 Å². The van der Waals surface area contributed by atoms with Crippen LogP contribution in [0.25, 0.3) is 11.0 Å². The molecule has 4 atom stereocenters. The SMILES string of the molecule is CCc1oc2ccccc2c1C1CC(=O)NC2NNC(C(=O)NC)C21. The van der Waals surface area contributed by atoms with Crippen molar-refractivity contribution in [2.24, 2.45) is 5.92 Å². The summed E-state index contributed by atoms with van der Waals surface area (Å²) in [5.74, 6) is 0.589. The van der Waals surface area contributed by atoms with E-state index in [0.717, 1.165) is 28.7 Å². The molecule has 0 spiro atoms. The predicted octanol–water partition coefficient (Wildman–Crippen LogP) is 0.763. The van der Waals surface area contributed by atoms with Gasteiger partial charge in [-0.3, -0.25) is 9.59 Å². The Bertz CT molecular complexity index is 831. The lowest BCUT2D eigenvalue weighted by atomic mass is 9.74. The third-order valence-electron chi connectivity index (χ3n) is 5.28. The third-order valence-corrected chi connectivity index (χ3v) is 5.28. The van der Waals surface area contributed by atoms with E-state index in [9.17, 15) is 9.59 Å². The quantitative estimate of drug-likeness (QED) is 0.661. The van der Waals surface area contributed by atoms with Crippen molar-refractivity contribution in [3.63, 3.8) is 0 Å². The van der Waals surface area contributed by atoms with Crippen molar-refractivity contribution in [3.8, 4) is 0 Å². The lowest BCUT2D eigenvalue weighted by Crippen LogP contribution is -2.53. The maximum Gasteiger partial charge on any atom is 0.238 e. The number of hydrogen-bond donors (Lipinski definition) is 4. The summed E-state index contributed by atoms with van der Waals surface area (Å²) < 4.78 is 6.03. The Hall–Kier alpha value is -2.38. The minimum absolute atomic E-state index is 0.0227. The fraction of sp³-hybridized carbons (Fsp3) is 0.444. The molecule has 2 aliphatic rings. The maximum absolute atomic E-state index is 12.3. The Kier molecular flexibility index (Phi) is 3.97. The van der Waals surface area contributed by atoms with Gasteiger partial charge in [0.15, 0.2) is 0 Å². The van der Waals surface area contributed by atoms with E-state index in [-0.39, 0.29) is 29.8 Å². The molecule has 3 heterocycles. The highest BCUT2D eigenvalue weighted by atomic mass is 16.3. The first-order valence-electron chi connectivity index (χ1n) is 8.66. The lowest BCUT2D eigenvalue weighted by Gasteiger charge is -2.35. The van der Waals surface area contributed by atoms with E-state index in [1.54, 1.807) is 7.05 Å². The van der Waals surface area contributed by atoms with Crippen molar-refractivity contribution in [1.29, 1.82) is 0 Å². The number of carbonyl (C=O) groups is 2. The molecule has 7 nitrogen and oxygen atoms in total. The van der Waals surface area contributed by atoms with Gasteiger partial charge in [-0.15, -0.1) is 0 Å². The van der Waals surface area contributed by atoms with Crippen LogP contribution in [0.4, 0.5) is 0 Å². The average molecular weight is 342 g/mol. The van der Waals surface area contributed by atoms with Gasteiger partial charge in [-0.25, -0.2) is 10.9 Å². The molecule has 4 N–H and O–H groups in total. The molecule has 2 fully saturated rings. The minimum Gasteiger partial charge on any atom is -0.461 e. The zero-order chi connectivity index (χ0) is 17.6. The summed E-state index contributed by atoms with van der Waals surface area (Å²) in [4.78, 5) is 24.6. The fourth-order valence-electron chi connectivity index (χ4n) is 4.21. The molecule has 132 valence electrons. The number of hydrazine groups is 1. The van der Waals surface area contributed by atoms with E-state index in [2.05, 4.69) is 21.5 Å². The van der Waals surface area contributed by atoms with Gasteiger partial charge in [0.1, 0.15) is 17.4 Å². The van der Waals surface area contributed by atoms with Gasteiger partial charge in [0.25, 0.3) is 0 Å². The van der Waals surface area contributed by atoms with Crippen LogP contribution in [0.15, 0.2) is 28.7 Å². The Balaban J connectivity index is 1.84. The number of rotatable bonds is 3. The second-order valence-electron chi connectivity index (χ2n) is 6.60. The molecule has 4 rings (SSSR count). The second-order valence-corrected chi connectivity index (χ2v) is 6.60. The van der Waals surface area contributed by atoms with Gasteiger partial charge >= 0.3 is 0 Å². The van der Waals surface area contributed by atoms with E-state index < -0.39 is 6.04 Å². The van der Waals surface area contributed by atoms with Gasteiger partial charge in [0, 0.05) is 42.7 Å². The monoisotopic (exact) mass is 342 g/mol. The maximum atomic E-state index is 12.3. The summed E-state index contributed by atoms with van der Waals surface area (Å²) >= 11 is 0.